The van der Waals surface area contributed by atoms with Gasteiger partial charge in [0.15, 0.2) is 0 Å². The fraction of sp³-hybridized carbons (Fsp3) is 0. The average Bonchev–Trinajstić information content (AvgIpc) is 1.67. The first kappa shape index (κ1) is 30.8. The molecule has 0 unspecified atom stereocenters. The summed E-state index contributed by atoms with van der Waals surface area (Å²) in [7, 11) is -23.5. The van der Waals surface area contributed by atoms with Crippen molar-refractivity contribution in [3.05, 3.63) is 0 Å². The van der Waals surface area contributed by atoms with E-state index in [2.05, 4.69) is 17.2 Å². The quantitative estimate of drug-likeness (QED) is 0.297. The van der Waals surface area contributed by atoms with E-state index in [1.54, 1.807) is 0 Å². The van der Waals surface area contributed by atoms with Crippen LogP contribution in [0.1, 0.15) is 0 Å². The molecule has 0 bridgehead atoms. The molecule has 0 aromatic rings. The van der Waals surface area contributed by atoms with Gasteiger partial charge in [0.1, 0.15) is 0 Å². The molecule has 0 radical (unpaired) electrons. The standard InChI is InChI=1S/4Li.H4O12P4/c;;;;1-13(2)9-14(3,4)11-16(7,8)12-15(5,6)10-13/h;;;;(H,1,2)(H,3,4)(H,5,6)(H,7,8)/q4*+1;/p-4. The fourth-order valence-corrected chi connectivity index (χ4v) is 6.02. The Kier molecular flexibility index (Phi) is 15.5. The first-order valence-corrected chi connectivity index (χ1v) is 8.76. The van der Waals surface area contributed by atoms with E-state index in [9.17, 15) is 37.8 Å². The zero-order valence-corrected chi connectivity index (χ0v) is 14.3. The molecule has 0 aliphatic carbocycles. The van der Waals surface area contributed by atoms with Crippen LogP contribution in [0.5, 0.6) is 0 Å². The van der Waals surface area contributed by atoms with Gasteiger partial charge in [0, 0.05) is 0 Å². The molecule has 1 heterocycles. The summed E-state index contributed by atoms with van der Waals surface area (Å²) in [6.07, 6.45) is 0. The predicted molar refractivity (Wildman–Crippen MR) is 34.8 cm³/mol. The summed E-state index contributed by atoms with van der Waals surface area (Å²) in [5.74, 6) is 0. The van der Waals surface area contributed by atoms with Crippen molar-refractivity contribution in [1.29, 1.82) is 0 Å². The molecule has 12 nitrogen and oxygen atoms in total. The van der Waals surface area contributed by atoms with Gasteiger partial charge in [0.25, 0.3) is 31.3 Å². The van der Waals surface area contributed by atoms with E-state index in [-0.39, 0.29) is 75.4 Å². The van der Waals surface area contributed by atoms with Crippen molar-refractivity contribution in [3.8, 4) is 0 Å². The molecule has 1 rings (SSSR count). The van der Waals surface area contributed by atoms with Gasteiger partial charge < -0.3 is 19.6 Å². The summed E-state index contributed by atoms with van der Waals surface area (Å²) in [5, 5.41) is 0. The number of rotatable bonds is 0. The van der Waals surface area contributed by atoms with E-state index < -0.39 is 31.3 Å². The molecule has 0 amide bonds. The Morgan fingerprint density at radius 1 is 0.450 bits per heavy atom. The van der Waals surface area contributed by atoms with E-state index in [1.165, 1.54) is 0 Å². The third kappa shape index (κ3) is 11.5. The Labute approximate surface area is 160 Å². The first-order chi connectivity index (χ1) is 6.83. The fourth-order valence-electron chi connectivity index (χ4n) is 0.550. The largest absolute Gasteiger partial charge is 1.00 e. The van der Waals surface area contributed by atoms with E-state index in [1.807, 2.05) is 0 Å². The van der Waals surface area contributed by atoms with Crippen molar-refractivity contribution in [1.82, 2.24) is 0 Å². The van der Waals surface area contributed by atoms with Gasteiger partial charge in [-0.25, -0.2) is 17.2 Å². The summed E-state index contributed by atoms with van der Waals surface area (Å²) in [4.78, 5) is 42.2. The molecule has 0 saturated carbocycles. The van der Waals surface area contributed by atoms with Crippen molar-refractivity contribution in [2.75, 3.05) is 0 Å². The molecule has 96 valence electrons. The van der Waals surface area contributed by atoms with Gasteiger partial charge in [-0.1, -0.05) is 0 Å². The zero-order chi connectivity index (χ0) is 12.8. The molecule has 0 spiro atoms. The van der Waals surface area contributed by atoms with Crippen molar-refractivity contribution >= 4 is 31.3 Å². The molecule has 0 aromatic carbocycles. The Bertz CT molecular complexity index is 372. The van der Waals surface area contributed by atoms with Crippen LogP contribution in [0.2, 0.25) is 0 Å². The minimum atomic E-state index is -5.87. The van der Waals surface area contributed by atoms with Crippen LogP contribution in [0.25, 0.3) is 0 Å². The van der Waals surface area contributed by atoms with Gasteiger partial charge >= 0.3 is 75.4 Å². The monoisotopic (exact) mass is 344 g/mol. The van der Waals surface area contributed by atoms with Crippen LogP contribution in [0.15, 0.2) is 0 Å². The second-order valence-corrected chi connectivity index (χ2v) is 8.31. The summed E-state index contributed by atoms with van der Waals surface area (Å²) in [6.45, 7) is 0. The molecule has 0 atom stereocenters. The van der Waals surface area contributed by atoms with Crippen molar-refractivity contribution in [2.45, 2.75) is 0 Å². The number of hydrogen-bond acceptors (Lipinski definition) is 12. The molecule has 20 heteroatoms. The van der Waals surface area contributed by atoms with Gasteiger partial charge in [0.05, 0.1) is 0 Å². The first-order valence-electron chi connectivity index (χ1n) is 2.92. The van der Waals surface area contributed by atoms with Crippen molar-refractivity contribution < 1.29 is 131 Å². The Morgan fingerprint density at radius 2 is 0.550 bits per heavy atom. The zero-order valence-electron chi connectivity index (χ0n) is 10.7. The van der Waals surface area contributed by atoms with Gasteiger partial charge in [-0.05, 0) is 0 Å². The average molecular weight is 344 g/mol. The topological polar surface area (TPSA) is 197 Å². The van der Waals surface area contributed by atoms with Gasteiger partial charge in [-0.3, -0.25) is 18.3 Å². The molecule has 0 N–H and O–H groups in total. The van der Waals surface area contributed by atoms with Gasteiger partial charge in [-0.2, -0.15) is 0 Å². The van der Waals surface area contributed by atoms with Gasteiger partial charge in [0.2, 0.25) is 0 Å². The Morgan fingerprint density at radius 3 is 0.650 bits per heavy atom. The number of phosphoric acid groups is 4. The van der Waals surface area contributed by atoms with Crippen molar-refractivity contribution in [3.63, 3.8) is 0 Å². The van der Waals surface area contributed by atoms with E-state index in [4.69, 9.17) is 0 Å². The summed E-state index contributed by atoms with van der Waals surface area (Å²) < 4.78 is 54.5. The molecular formula is Li4O12P4. The summed E-state index contributed by atoms with van der Waals surface area (Å²) in [5.41, 5.74) is 0. The van der Waals surface area contributed by atoms with Crippen LogP contribution in [0, 0.1) is 0 Å². The maximum Gasteiger partial charge on any atom is 1.00 e. The van der Waals surface area contributed by atoms with Gasteiger partial charge in [-0.15, -0.1) is 0 Å². The third-order valence-corrected chi connectivity index (χ3v) is 7.20. The van der Waals surface area contributed by atoms with Crippen LogP contribution in [0.3, 0.4) is 0 Å². The second-order valence-electron chi connectivity index (χ2n) is 2.12. The molecule has 1 aliphatic rings. The van der Waals surface area contributed by atoms with Crippen molar-refractivity contribution in [2.24, 2.45) is 0 Å². The van der Waals surface area contributed by atoms with Crippen LogP contribution in [-0.2, 0) is 35.5 Å². The molecule has 1 saturated heterocycles. The van der Waals surface area contributed by atoms with E-state index in [0.717, 1.165) is 0 Å². The molecule has 20 heavy (non-hydrogen) atoms. The third-order valence-electron chi connectivity index (χ3n) is 0.800. The smallest absolute Gasteiger partial charge is 0.756 e. The maximum absolute atomic E-state index is 10.6. The minimum absolute atomic E-state index is 0. The molecule has 1 fully saturated rings. The minimum Gasteiger partial charge on any atom is -0.756 e. The summed E-state index contributed by atoms with van der Waals surface area (Å²) in [6, 6.07) is 0. The van der Waals surface area contributed by atoms with Crippen LogP contribution >= 0.6 is 31.3 Å². The second kappa shape index (κ2) is 10.1. The Hall–Kier alpha value is 2.99. The Balaban J connectivity index is -0.000000320. The van der Waals surface area contributed by atoms with Crippen LogP contribution < -0.4 is 95.0 Å². The molecular weight excluding hydrogens is 344 g/mol. The van der Waals surface area contributed by atoms with E-state index >= 15 is 0 Å². The maximum atomic E-state index is 10.6. The van der Waals surface area contributed by atoms with E-state index in [0.29, 0.717) is 0 Å². The molecule has 1 aliphatic heterocycles. The molecule has 0 aromatic heterocycles. The van der Waals surface area contributed by atoms with Crippen LogP contribution in [-0.4, -0.2) is 0 Å². The SMILES string of the molecule is O=P1([O-])OP(=O)([O-])OP(=O)([O-])OP(=O)([O-])O1.[Li+].[Li+].[Li+].[Li+]. The summed E-state index contributed by atoms with van der Waals surface area (Å²) >= 11 is 0. The predicted octanol–water partition coefficient (Wildman–Crippen LogP) is -14.0. The number of hydrogen-bond donors (Lipinski definition) is 0. The normalized spacial score (nSPS) is 44.2. The van der Waals surface area contributed by atoms with Crippen LogP contribution in [0.4, 0.5) is 0 Å².